The summed E-state index contributed by atoms with van der Waals surface area (Å²) in [5, 5.41) is 9.13. The maximum atomic E-state index is 9.13. The molecule has 0 aliphatic heterocycles. The lowest BCUT2D eigenvalue weighted by Crippen LogP contribution is -2.25. The molecule has 0 saturated heterocycles. The Labute approximate surface area is 74.1 Å². The predicted octanol–water partition coefficient (Wildman–Crippen LogP) is 0.941. The summed E-state index contributed by atoms with van der Waals surface area (Å²) in [4.78, 5) is 0. The van der Waals surface area contributed by atoms with Gasteiger partial charge in [-0.1, -0.05) is 6.08 Å². The van der Waals surface area contributed by atoms with Gasteiger partial charge in [0.15, 0.2) is 0 Å². The molecule has 0 aliphatic rings. The first-order valence-electron chi connectivity index (χ1n) is 4.03. The van der Waals surface area contributed by atoms with E-state index in [1.165, 1.54) is 0 Å². The van der Waals surface area contributed by atoms with Crippen molar-refractivity contribution in [3.63, 3.8) is 0 Å². The number of hydrogen-bond donors (Lipinski definition) is 3. The zero-order chi connectivity index (χ0) is 9.56. The molecule has 3 N–H and O–H groups in total. The predicted molar refractivity (Wildman–Crippen MR) is 51.4 cm³/mol. The Hall–Kier alpha value is -0.800. The third-order valence-electron chi connectivity index (χ3n) is 1.58. The van der Waals surface area contributed by atoms with Crippen LogP contribution in [0.15, 0.2) is 23.4 Å². The van der Waals surface area contributed by atoms with E-state index in [0.717, 1.165) is 11.3 Å². The second-order valence-electron chi connectivity index (χ2n) is 2.81. The summed E-state index contributed by atoms with van der Waals surface area (Å²) in [5.41, 5.74) is 7.70. The van der Waals surface area contributed by atoms with Gasteiger partial charge >= 0.3 is 0 Å². The highest BCUT2D eigenvalue weighted by Crippen LogP contribution is 2.00. The highest BCUT2D eigenvalue weighted by atomic mass is 16.3. The Morgan fingerprint density at radius 2 is 1.92 bits per heavy atom. The van der Waals surface area contributed by atoms with Crippen LogP contribution in [0.1, 0.15) is 20.8 Å². The van der Waals surface area contributed by atoms with Crippen LogP contribution < -0.4 is 10.9 Å². The third kappa shape index (κ3) is 4.93. The van der Waals surface area contributed by atoms with Crippen LogP contribution in [-0.4, -0.2) is 18.3 Å². The molecule has 0 bridgehead atoms. The highest BCUT2D eigenvalue weighted by molar-refractivity contribution is 5.16. The van der Waals surface area contributed by atoms with Gasteiger partial charge in [-0.15, -0.1) is 0 Å². The van der Waals surface area contributed by atoms with Crippen LogP contribution in [0, 0.1) is 0 Å². The van der Waals surface area contributed by atoms with E-state index in [1.807, 2.05) is 33.0 Å². The van der Waals surface area contributed by atoms with E-state index in [-0.39, 0.29) is 6.10 Å². The summed E-state index contributed by atoms with van der Waals surface area (Å²) >= 11 is 0. The van der Waals surface area contributed by atoms with E-state index in [1.54, 1.807) is 6.92 Å². The number of allylic oxidation sites excluding steroid dienone is 3. The van der Waals surface area contributed by atoms with Crippen LogP contribution in [0.2, 0.25) is 0 Å². The highest BCUT2D eigenvalue weighted by Gasteiger charge is 1.94. The molecule has 0 rings (SSSR count). The molecule has 12 heavy (non-hydrogen) atoms. The molecular weight excluding hydrogens is 152 g/mol. The van der Waals surface area contributed by atoms with Crippen LogP contribution in [0.5, 0.6) is 0 Å². The Balaban J connectivity index is 4.08. The van der Waals surface area contributed by atoms with Gasteiger partial charge in [0.2, 0.25) is 0 Å². The van der Waals surface area contributed by atoms with Crippen molar-refractivity contribution in [3.8, 4) is 0 Å². The van der Waals surface area contributed by atoms with Gasteiger partial charge in [-0.05, 0) is 32.4 Å². The van der Waals surface area contributed by atoms with Gasteiger partial charge in [-0.3, -0.25) is 0 Å². The summed E-state index contributed by atoms with van der Waals surface area (Å²) in [5.74, 6) is 0. The molecule has 0 amide bonds. The standard InChI is InChI=1S/C9H18N2O/c1-7(9(3)12)5-6-8(2)11-10-4/h5-6,9-12H,1-4H3/b7-5+,8-6+/t9-/m1/s1. The third-order valence-corrected chi connectivity index (χ3v) is 1.58. The molecular formula is C9H18N2O. The first kappa shape index (κ1) is 11.2. The summed E-state index contributed by atoms with van der Waals surface area (Å²) in [6.45, 7) is 5.59. The molecule has 0 heterocycles. The van der Waals surface area contributed by atoms with E-state index >= 15 is 0 Å². The largest absolute Gasteiger partial charge is 0.389 e. The van der Waals surface area contributed by atoms with Gasteiger partial charge < -0.3 is 10.5 Å². The molecule has 1 atom stereocenters. The van der Waals surface area contributed by atoms with Gasteiger partial charge in [-0.25, -0.2) is 5.43 Å². The van der Waals surface area contributed by atoms with Crippen molar-refractivity contribution in [1.29, 1.82) is 0 Å². The van der Waals surface area contributed by atoms with Gasteiger partial charge in [0.25, 0.3) is 0 Å². The first-order valence-corrected chi connectivity index (χ1v) is 4.03. The second-order valence-corrected chi connectivity index (χ2v) is 2.81. The summed E-state index contributed by atoms with van der Waals surface area (Å²) in [6, 6.07) is 0. The molecule has 0 aromatic heterocycles. The molecule has 0 aliphatic carbocycles. The Morgan fingerprint density at radius 3 is 2.33 bits per heavy atom. The van der Waals surface area contributed by atoms with Gasteiger partial charge in [0.05, 0.1) is 6.10 Å². The van der Waals surface area contributed by atoms with Crippen molar-refractivity contribution < 1.29 is 5.11 Å². The molecule has 0 radical (unpaired) electrons. The lowest BCUT2D eigenvalue weighted by atomic mass is 10.2. The molecule has 0 aromatic rings. The summed E-state index contributed by atoms with van der Waals surface area (Å²) in [6.07, 6.45) is 3.44. The van der Waals surface area contributed by atoms with Crippen LogP contribution in [0.3, 0.4) is 0 Å². The van der Waals surface area contributed by atoms with E-state index in [0.29, 0.717) is 0 Å². The fourth-order valence-corrected chi connectivity index (χ4v) is 0.635. The minimum absolute atomic E-state index is 0.372. The number of hydrazine groups is 1. The zero-order valence-corrected chi connectivity index (χ0v) is 8.18. The molecule has 0 aromatic carbocycles. The minimum Gasteiger partial charge on any atom is -0.389 e. The number of nitrogens with one attached hydrogen (secondary N) is 2. The van der Waals surface area contributed by atoms with Crippen LogP contribution in [-0.2, 0) is 0 Å². The first-order chi connectivity index (χ1) is 5.57. The fraction of sp³-hybridized carbons (Fsp3) is 0.556. The normalized spacial score (nSPS) is 16.1. The monoisotopic (exact) mass is 170 g/mol. The average Bonchev–Trinajstić information content (AvgIpc) is 2.00. The lowest BCUT2D eigenvalue weighted by molar-refractivity contribution is 0.231. The van der Waals surface area contributed by atoms with Gasteiger partial charge in [-0.2, -0.15) is 0 Å². The number of rotatable bonds is 4. The number of aliphatic hydroxyl groups is 1. The van der Waals surface area contributed by atoms with Crippen molar-refractivity contribution in [1.82, 2.24) is 10.9 Å². The molecule has 3 heteroatoms. The smallest absolute Gasteiger partial charge is 0.0722 e. The average molecular weight is 170 g/mol. The van der Waals surface area contributed by atoms with Gasteiger partial charge in [0, 0.05) is 12.7 Å². The number of hydrogen-bond acceptors (Lipinski definition) is 3. The minimum atomic E-state index is -0.372. The maximum Gasteiger partial charge on any atom is 0.0722 e. The molecule has 0 spiro atoms. The second kappa shape index (κ2) is 5.80. The lowest BCUT2D eigenvalue weighted by Gasteiger charge is -2.04. The molecule has 0 saturated carbocycles. The molecule has 0 unspecified atom stereocenters. The molecule has 70 valence electrons. The molecule has 0 fully saturated rings. The van der Waals surface area contributed by atoms with E-state index in [4.69, 9.17) is 5.11 Å². The van der Waals surface area contributed by atoms with E-state index in [9.17, 15) is 0 Å². The van der Waals surface area contributed by atoms with Crippen molar-refractivity contribution in [2.75, 3.05) is 7.05 Å². The maximum absolute atomic E-state index is 9.13. The van der Waals surface area contributed by atoms with E-state index in [2.05, 4.69) is 10.9 Å². The van der Waals surface area contributed by atoms with Crippen molar-refractivity contribution in [2.24, 2.45) is 0 Å². The van der Waals surface area contributed by atoms with Crippen molar-refractivity contribution in [3.05, 3.63) is 23.4 Å². The summed E-state index contributed by atoms with van der Waals surface area (Å²) < 4.78 is 0. The Morgan fingerprint density at radius 1 is 1.33 bits per heavy atom. The molecule has 3 nitrogen and oxygen atoms in total. The van der Waals surface area contributed by atoms with Gasteiger partial charge in [0.1, 0.15) is 0 Å². The number of aliphatic hydroxyl groups excluding tert-OH is 1. The van der Waals surface area contributed by atoms with Crippen molar-refractivity contribution >= 4 is 0 Å². The SMILES string of the molecule is CNN/C(C)=C/C=C(\C)[C@@H](C)O. The zero-order valence-electron chi connectivity index (χ0n) is 8.18. The van der Waals surface area contributed by atoms with Crippen molar-refractivity contribution in [2.45, 2.75) is 26.9 Å². The van der Waals surface area contributed by atoms with E-state index < -0.39 is 0 Å². The Bertz CT molecular complexity index is 183. The Kier molecular flexibility index (Phi) is 5.41. The summed E-state index contributed by atoms with van der Waals surface area (Å²) in [7, 11) is 1.81. The van der Waals surface area contributed by atoms with Crippen LogP contribution >= 0.6 is 0 Å². The van der Waals surface area contributed by atoms with Crippen LogP contribution in [0.25, 0.3) is 0 Å². The van der Waals surface area contributed by atoms with Crippen LogP contribution in [0.4, 0.5) is 0 Å². The quantitative estimate of drug-likeness (QED) is 0.434. The fourth-order valence-electron chi connectivity index (χ4n) is 0.635. The topological polar surface area (TPSA) is 44.3 Å².